The van der Waals surface area contributed by atoms with Gasteiger partial charge in [-0.05, 0) is 59.0 Å². The lowest BCUT2D eigenvalue weighted by Gasteiger charge is -2.21. The summed E-state index contributed by atoms with van der Waals surface area (Å²) in [5, 5.41) is 3.49. The molecule has 1 aromatic heterocycles. The molecule has 5 heteroatoms. The Balaban J connectivity index is 1.60. The van der Waals surface area contributed by atoms with E-state index >= 15 is 0 Å². The van der Waals surface area contributed by atoms with Crippen molar-refractivity contribution in [3.05, 3.63) is 16.5 Å². The van der Waals surface area contributed by atoms with Gasteiger partial charge in [-0.25, -0.2) is 9.97 Å². The van der Waals surface area contributed by atoms with E-state index in [0.717, 1.165) is 28.7 Å². The van der Waals surface area contributed by atoms with Gasteiger partial charge in [-0.1, -0.05) is 0 Å². The van der Waals surface area contributed by atoms with Gasteiger partial charge in [0.05, 0.1) is 0 Å². The van der Waals surface area contributed by atoms with Gasteiger partial charge in [0.25, 0.3) is 0 Å². The van der Waals surface area contributed by atoms with Crippen LogP contribution in [0, 0.1) is 5.92 Å². The fraction of sp³-hybridized carbons (Fsp3) is 0.692. The lowest BCUT2D eigenvalue weighted by molar-refractivity contribution is 0.515. The molecule has 0 bridgehead atoms. The summed E-state index contributed by atoms with van der Waals surface area (Å²) < 4.78 is 0.904. The highest BCUT2D eigenvalue weighted by atomic mass is 79.9. The van der Waals surface area contributed by atoms with Gasteiger partial charge in [-0.2, -0.15) is 11.8 Å². The molecular weight excluding hydrogens is 310 g/mol. The lowest BCUT2D eigenvalue weighted by atomic mass is 10.0. The summed E-state index contributed by atoms with van der Waals surface area (Å²) in [6, 6.07) is 1.99. The molecule has 0 unspecified atom stereocenters. The molecule has 98 valence electrons. The minimum Gasteiger partial charge on any atom is -0.370 e. The fourth-order valence-electron chi connectivity index (χ4n) is 2.25. The molecule has 2 heterocycles. The van der Waals surface area contributed by atoms with E-state index in [9.17, 15) is 0 Å². The molecule has 0 aromatic carbocycles. The zero-order valence-corrected chi connectivity index (χ0v) is 12.8. The van der Waals surface area contributed by atoms with E-state index in [0.29, 0.717) is 5.92 Å². The van der Waals surface area contributed by atoms with Crippen molar-refractivity contribution in [1.82, 2.24) is 9.97 Å². The predicted molar refractivity (Wildman–Crippen MR) is 80.2 cm³/mol. The average Bonchev–Trinajstić information content (AvgIpc) is 3.21. The van der Waals surface area contributed by atoms with Gasteiger partial charge in [-0.15, -0.1) is 0 Å². The maximum absolute atomic E-state index is 4.62. The second-order valence-electron chi connectivity index (χ2n) is 5.15. The van der Waals surface area contributed by atoms with Crippen molar-refractivity contribution >= 4 is 33.5 Å². The first-order chi connectivity index (χ1) is 8.81. The number of nitrogens with zero attached hydrogens (tertiary/aromatic N) is 2. The van der Waals surface area contributed by atoms with Gasteiger partial charge in [0.1, 0.15) is 16.2 Å². The van der Waals surface area contributed by atoms with Crippen LogP contribution in [-0.2, 0) is 0 Å². The zero-order chi connectivity index (χ0) is 12.4. The van der Waals surface area contributed by atoms with Crippen LogP contribution in [0.3, 0.4) is 0 Å². The van der Waals surface area contributed by atoms with Crippen molar-refractivity contribution in [3.63, 3.8) is 0 Å². The second kappa shape index (κ2) is 5.78. The number of rotatable bonds is 4. The molecular formula is C13H18BrN3S. The van der Waals surface area contributed by atoms with E-state index in [1.807, 2.05) is 6.07 Å². The first-order valence-electron chi connectivity index (χ1n) is 6.67. The van der Waals surface area contributed by atoms with Gasteiger partial charge in [0, 0.05) is 18.5 Å². The highest BCUT2D eigenvalue weighted by Gasteiger charge is 2.27. The van der Waals surface area contributed by atoms with Crippen LogP contribution < -0.4 is 5.32 Å². The number of hydrogen-bond acceptors (Lipinski definition) is 4. The molecule has 2 fully saturated rings. The average molecular weight is 328 g/mol. The van der Waals surface area contributed by atoms with E-state index in [1.165, 1.54) is 37.2 Å². The predicted octanol–water partition coefficient (Wildman–Crippen LogP) is 3.67. The van der Waals surface area contributed by atoms with Crippen LogP contribution >= 0.6 is 27.7 Å². The number of hydrogen-bond donors (Lipinski definition) is 1. The quantitative estimate of drug-likeness (QED) is 0.856. The van der Waals surface area contributed by atoms with Crippen LogP contribution in [-0.4, -0.2) is 28.0 Å². The van der Waals surface area contributed by atoms with Crippen molar-refractivity contribution < 1.29 is 0 Å². The Bertz CT molecular complexity index is 417. The summed E-state index contributed by atoms with van der Waals surface area (Å²) in [4.78, 5) is 9.08. The second-order valence-corrected chi connectivity index (χ2v) is 7.18. The molecule has 1 aliphatic carbocycles. The Labute approximate surface area is 121 Å². The maximum atomic E-state index is 4.62. The minimum atomic E-state index is 0.606. The van der Waals surface area contributed by atoms with E-state index in [2.05, 4.69) is 43.0 Å². The third-order valence-corrected chi connectivity index (χ3v) is 5.02. The van der Waals surface area contributed by atoms with Crippen LogP contribution in [0.1, 0.15) is 37.4 Å². The zero-order valence-electron chi connectivity index (χ0n) is 10.4. The third-order valence-electron chi connectivity index (χ3n) is 3.57. The molecule has 0 spiro atoms. The Morgan fingerprint density at radius 1 is 1.22 bits per heavy atom. The van der Waals surface area contributed by atoms with Gasteiger partial charge in [0.15, 0.2) is 0 Å². The van der Waals surface area contributed by atoms with E-state index in [1.54, 1.807) is 0 Å². The SMILES string of the molecule is Brc1cc(NCC2CCSCC2)nc(C2CC2)n1. The normalized spacial score (nSPS) is 20.9. The van der Waals surface area contributed by atoms with Crippen molar-refractivity contribution in [1.29, 1.82) is 0 Å². The molecule has 0 atom stereocenters. The van der Waals surface area contributed by atoms with Crippen LogP contribution in [0.25, 0.3) is 0 Å². The molecule has 2 aliphatic rings. The molecule has 0 radical (unpaired) electrons. The van der Waals surface area contributed by atoms with Crippen LogP contribution in [0.2, 0.25) is 0 Å². The molecule has 1 saturated carbocycles. The molecule has 1 aliphatic heterocycles. The smallest absolute Gasteiger partial charge is 0.135 e. The van der Waals surface area contributed by atoms with E-state index in [4.69, 9.17) is 0 Å². The summed E-state index contributed by atoms with van der Waals surface area (Å²) >= 11 is 5.56. The Hall–Kier alpha value is -0.290. The van der Waals surface area contributed by atoms with Crippen molar-refractivity contribution in [3.8, 4) is 0 Å². The van der Waals surface area contributed by atoms with Gasteiger partial charge >= 0.3 is 0 Å². The Morgan fingerprint density at radius 2 is 2.00 bits per heavy atom. The first-order valence-corrected chi connectivity index (χ1v) is 8.62. The van der Waals surface area contributed by atoms with Gasteiger partial charge in [0.2, 0.25) is 0 Å². The third kappa shape index (κ3) is 3.38. The summed E-state index contributed by atoms with van der Waals surface area (Å²) in [5.41, 5.74) is 0. The van der Waals surface area contributed by atoms with Crippen LogP contribution in [0.5, 0.6) is 0 Å². The van der Waals surface area contributed by atoms with Crippen LogP contribution in [0.4, 0.5) is 5.82 Å². The highest BCUT2D eigenvalue weighted by molar-refractivity contribution is 9.10. The van der Waals surface area contributed by atoms with Crippen molar-refractivity contribution in [2.45, 2.75) is 31.6 Å². The minimum absolute atomic E-state index is 0.606. The highest BCUT2D eigenvalue weighted by Crippen LogP contribution is 2.38. The topological polar surface area (TPSA) is 37.8 Å². The molecule has 3 rings (SSSR count). The Kier molecular flexibility index (Phi) is 4.09. The molecule has 1 aromatic rings. The largest absolute Gasteiger partial charge is 0.370 e. The summed E-state index contributed by atoms with van der Waals surface area (Å²) in [7, 11) is 0. The van der Waals surface area contributed by atoms with E-state index in [-0.39, 0.29) is 0 Å². The fourth-order valence-corrected chi connectivity index (χ4v) is 3.85. The van der Waals surface area contributed by atoms with E-state index < -0.39 is 0 Å². The number of nitrogens with one attached hydrogen (secondary N) is 1. The van der Waals surface area contributed by atoms with Gasteiger partial charge < -0.3 is 5.32 Å². The number of thioether (sulfide) groups is 1. The molecule has 3 nitrogen and oxygen atoms in total. The molecule has 18 heavy (non-hydrogen) atoms. The molecule has 0 amide bonds. The summed E-state index contributed by atoms with van der Waals surface area (Å²) in [6.45, 7) is 1.05. The molecule has 1 N–H and O–H groups in total. The summed E-state index contributed by atoms with van der Waals surface area (Å²) in [5.74, 6) is 6.03. The monoisotopic (exact) mass is 327 g/mol. The molecule has 1 saturated heterocycles. The van der Waals surface area contributed by atoms with Crippen molar-refractivity contribution in [2.24, 2.45) is 5.92 Å². The standard InChI is InChI=1S/C13H18BrN3S/c14-11-7-12(17-13(16-11)10-1-2-10)15-8-9-3-5-18-6-4-9/h7,9-10H,1-6,8H2,(H,15,16,17). The number of anilines is 1. The van der Waals surface area contributed by atoms with Crippen LogP contribution in [0.15, 0.2) is 10.7 Å². The van der Waals surface area contributed by atoms with Gasteiger partial charge in [-0.3, -0.25) is 0 Å². The van der Waals surface area contributed by atoms with Crippen molar-refractivity contribution in [2.75, 3.05) is 23.4 Å². The first kappa shape index (κ1) is 12.7. The lowest BCUT2D eigenvalue weighted by Crippen LogP contribution is -2.19. The maximum Gasteiger partial charge on any atom is 0.135 e. The summed E-state index contributed by atoms with van der Waals surface area (Å²) in [6.07, 6.45) is 5.16. The number of aromatic nitrogens is 2. The number of halogens is 1. The Morgan fingerprint density at radius 3 is 2.72 bits per heavy atom.